The predicted octanol–water partition coefficient (Wildman–Crippen LogP) is 1.36. The van der Waals surface area contributed by atoms with Crippen LogP contribution in [0.2, 0.25) is 0 Å². The second kappa shape index (κ2) is 3.91. The van der Waals surface area contributed by atoms with Gasteiger partial charge in [0.25, 0.3) is 0 Å². The standard InChI is InChI=1S/C10H8N2O3/c13-9(14)4-8-6-12-10(15-8)7-2-1-3-11-5-7/h1-3,5-6H,4H2,(H,13,14). The molecule has 0 radical (unpaired) electrons. The summed E-state index contributed by atoms with van der Waals surface area (Å²) in [5, 5.41) is 8.55. The molecule has 15 heavy (non-hydrogen) atoms. The molecule has 0 aliphatic heterocycles. The molecule has 2 rings (SSSR count). The fourth-order valence-electron chi connectivity index (χ4n) is 1.16. The fraction of sp³-hybridized carbons (Fsp3) is 0.100. The second-order valence-electron chi connectivity index (χ2n) is 2.94. The lowest BCUT2D eigenvalue weighted by Gasteiger charge is -1.92. The highest BCUT2D eigenvalue weighted by Gasteiger charge is 2.08. The summed E-state index contributed by atoms with van der Waals surface area (Å²) in [7, 11) is 0. The summed E-state index contributed by atoms with van der Waals surface area (Å²) in [5.74, 6) is -0.218. The topological polar surface area (TPSA) is 76.2 Å². The van der Waals surface area contributed by atoms with Crippen molar-refractivity contribution in [2.75, 3.05) is 0 Å². The summed E-state index contributed by atoms with van der Waals surface area (Å²) in [4.78, 5) is 18.3. The first kappa shape index (κ1) is 9.39. The minimum atomic E-state index is -0.941. The number of hydrogen-bond acceptors (Lipinski definition) is 4. The van der Waals surface area contributed by atoms with Gasteiger partial charge in [-0.05, 0) is 12.1 Å². The Morgan fingerprint density at radius 1 is 1.47 bits per heavy atom. The lowest BCUT2D eigenvalue weighted by Crippen LogP contribution is -1.97. The van der Waals surface area contributed by atoms with Gasteiger partial charge in [-0.3, -0.25) is 9.78 Å². The van der Waals surface area contributed by atoms with Crippen LogP contribution >= 0.6 is 0 Å². The molecule has 0 aromatic carbocycles. The van der Waals surface area contributed by atoms with Gasteiger partial charge in [0, 0.05) is 12.4 Å². The molecule has 0 spiro atoms. The molecule has 2 aromatic rings. The third kappa shape index (κ3) is 2.19. The molecule has 0 saturated carbocycles. The molecule has 0 unspecified atom stereocenters. The highest BCUT2D eigenvalue weighted by molar-refractivity contribution is 5.69. The van der Waals surface area contributed by atoms with Crippen molar-refractivity contribution < 1.29 is 14.3 Å². The molecule has 0 aliphatic carbocycles. The van der Waals surface area contributed by atoms with Gasteiger partial charge in [0.05, 0.1) is 11.8 Å². The van der Waals surface area contributed by atoms with Crippen molar-refractivity contribution in [2.45, 2.75) is 6.42 Å². The Morgan fingerprint density at radius 2 is 2.33 bits per heavy atom. The van der Waals surface area contributed by atoms with Gasteiger partial charge in [0.1, 0.15) is 12.2 Å². The van der Waals surface area contributed by atoms with Gasteiger partial charge in [-0.2, -0.15) is 0 Å². The molecule has 0 atom stereocenters. The molecular formula is C10H8N2O3. The Kier molecular flexibility index (Phi) is 2.45. The fourth-order valence-corrected chi connectivity index (χ4v) is 1.16. The van der Waals surface area contributed by atoms with E-state index in [1.165, 1.54) is 6.20 Å². The maximum atomic E-state index is 10.4. The Morgan fingerprint density at radius 3 is 3.00 bits per heavy atom. The van der Waals surface area contributed by atoms with Crippen LogP contribution in [0.1, 0.15) is 5.76 Å². The van der Waals surface area contributed by atoms with Crippen molar-refractivity contribution in [2.24, 2.45) is 0 Å². The zero-order valence-electron chi connectivity index (χ0n) is 7.75. The first-order valence-electron chi connectivity index (χ1n) is 4.32. The normalized spacial score (nSPS) is 10.1. The minimum Gasteiger partial charge on any atom is -0.481 e. The third-order valence-corrected chi connectivity index (χ3v) is 1.79. The molecule has 76 valence electrons. The number of carboxylic acid groups (broad SMARTS) is 1. The molecule has 2 aromatic heterocycles. The van der Waals surface area contributed by atoms with E-state index in [4.69, 9.17) is 9.52 Å². The van der Waals surface area contributed by atoms with Gasteiger partial charge in [-0.15, -0.1) is 0 Å². The summed E-state index contributed by atoms with van der Waals surface area (Å²) in [6.45, 7) is 0. The average Bonchev–Trinajstić information content (AvgIpc) is 2.67. The van der Waals surface area contributed by atoms with Crippen molar-refractivity contribution in [3.63, 3.8) is 0 Å². The lowest BCUT2D eigenvalue weighted by atomic mass is 10.3. The molecule has 0 aliphatic rings. The summed E-state index contributed by atoms with van der Waals surface area (Å²) in [5.41, 5.74) is 0.731. The Hall–Kier alpha value is -2.17. The van der Waals surface area contributed by atoms with Crippen molar-refractivity contribution in [3.8, 4) is 11.5 Å². The van der Waals surface area contributed by atoms with E-state index in [2.05, 4.69) is 9.97 Å². The SMILES string of the molecule is O=C(O)Cc1cnc(-c2cccnc2)o1. The molecule has 2 heterocycles. The van der Waals surface area contributed by atoms with E-state index >= 15 is 0 Å². The Bertz CT molecular complexity index is 465. The van der Waals surface area contributed by atoms with Crippen LogP contribution in [-0.4, -0.2) is 21.0 Å². The van der Waals surface area contributed by atoms with Crippen LogP contribution in [0.4, 0.5) is 0 Å². The maximum Gasteiger partial charge on any atom is 0.311 e. The summed E-state index contributed by atoms with van der Waals surface area (Å²) in [6.07, 6.45) is 4.50. The number of hydrogen-bond donors (Lipinski definition) is 1. The van der Waals surface area contributed by atoms with Crippen molar-refractivity contribution >= 4 is 5.97 Å². The first-order valence-corrected chi connectivity index (χ1v) is 4.32. The summed E-state index contributed by atoms with van der Waals surface area (Å²) in [6, 6.07) is 3.56. The molecule has 5 nitrogen and oxygen atoms in total. The van der Waals surface area contributed by atoms with E-state index in [0.717, 1.165) is 5.56 Å². The molecule has 1 N–H and O–H groups in total. The number of rotatable bonds is 3. The smallest absolute Gasteiger partial charge is 0.311 e. The van der Waals surface area contributed by atoms with Crippen molar-refractivity contribution in [1.82, 2.24) is 9.97 Å². The van der Waals surface area contributed by atoms with Gasteiger partial charge in [-0.25, -0.2) is 4.98 Å². The van der Waals surface area contributed by atoms with Crippen LogP contribution in [0.25, 0.3) is 11.5 Å². The quantitative estimate of drug-likeness (QED) is 0.816. The monoisotopic (exact) mass is 204 g/mol. The summed E-state index contributed by atoms with van der Waals surface area (Å²) < 4.78 is 5.25. The van der Waals surface area contributed by atoms with Crippen LogP contribution in [0.3, 0.4) is 0 Å². The van der Waals surface area contributed by atoms with E-state index < -0.39 is 5.97 Å². The van der Waals surface area contributed by atoms with Crippen LogP contribution in [0.5, 0.6) is 0 Å². The summed E-state index contributed by atoms with van der Waals surface area (Å²) >= 11 is 0. The number of nitrogens with zero attached hydrogens (tertiary/aromatic N) is 2. The van der Waals surface area contributed by atoms with E-state index in [1.54, 1.807) is 24.5 Å². The first-order chi connectivity index (χ1) is 7.25. The third-order valence-electron chi connectivity index (χ3n) is 1.79. The molecule has 0 amide bonds. The number of aliphatic carboxylic acids is 1. The van der Waals surface area contributed by atoms with Gasteiger partial charge in [0.15, 0.2) is 0 Å². The zero-order chi connectivity index (χ0) is 10.7. The Labute approximate surface area is 85.4 Å². The van der Waals surface area contributed by atoms with E-state index in [9.17, 15) is 4.79 Å². The molecule has 0 bridgehead atoms. The largest absolute Gasteiger partial charge is 0.481 e. The van der Waals surface area contributed by atoms with E-state index in [-0.39, 0.29) is 6.42 Å². The molecular weight excluding hydrogens is 196 g/mol. The van der Waals surface area contributed by atoms with Gasteiger partial charge >= 0.3 is 5.97 Å². The van der Waals surface area contributed by atoms with Crippen LogP contribution < -0.4 is 0 Å². The van der Waals surface area contributed by atoms with Gasteiger partial charge < -0.3 is 9.52 Å². The van der Waals surface area contributed by atoms with Gasteiger partial charge in [-0.1, -0.05) is 0 Å². The van der Waals surface area contributed by atoms with Crippen molar-refractivity contribution in [1.29, 1.82) is 0 Å². The number of aromatic nitrogens is 2. The number of pyridine rings is 1. The predicted molar refractivity (Wildman–Crippen MR) is 51.1 cm³/mol. The highest BCUT2D eigenvalue weighted by atomic mass is 16.4. The molecule has 5 heteroatoms. The average molecular weight is 204 g/mol. The zero-order valence-corrected chi connectivity index (χ0v) is 7.75. The van der Waals surface area contributed by atoms with Crippen molar-refractivity contribution in [3.05, 3.63) is 36.5 Å². The van der Waals surface area contributed by atoms with Crippen LogP contribution in [0, 0.1) is 0 Å². The van der Waals surface area contributed by atoms with Crippen LogP contribution in [0.15, 0.2) is 35.1 Å². The highest BCUT2D eigenvalue weighted by Crippen LogP contribution is 2.17. The second-order valence-corrected chi connectivity index (χ2v) is 2.94. The van der Waals surface area contributed by atoms with E-state index in [1.807, 2.05) is 0 Å². The lowest BCUT2D eigenvalue weighted by molar-refractivity contribution is -0.136. The maximum absolute atomic E-state index is 10.4. The van der Waals surface area contributed by atoms with Crippen LogP contribution in [-0.2, 0) is 11.2 Å². The number of oxazole rings is 1. The Balaban J connectivity index is 2.24. The minimum absolute atomic E-state index is 0.159. The number of carboxylic acids is 1. The van der Waals surface area contributed by atoms with Gasteiger partial charge in [0.2, 0.25) is 5.89 Å². The molecule has 0 fully saturated rings. The molecule has 0 saturated heterocycles. The number of carbonyl (C=O) groups is 1. The van der Waals surface area contributed by atoms with E-state index in [0.29, 0.717) is 11.7 Å².